The third-order valence-corrected chi connectivity index (χ3v) is 4.46. The molecule has 0 radical (unpaired) electrons. The zero-order valence-corrected chi connectivity index (χ0v) is 13.4. The summed E-state index contributed by atoms with van der Waals surface area (Å²) in [7, 11) is 1.62. The molecule has 7 nitrogen and oxygen atoms in total. The van der Waals surface area contributed by atoms with Crippen molar-refractivity contribution in [3.63, 3.8) is 0 Å². The van der Waals surface area contributed by atoms with Crippen LogP contribution in [-0.2, 0) is 11.3 Å². The van der Waals surface area contributed by atoms with Crippen molar-refractivity contribution in [1.82, 2.24) is 20.0 Å². The molecule has 1 fully saturated rings. The van der Waals surface area contributed by atoms with E-state index in [0.717, 1.165) is 24.4 Å². The van der Waals surface area contributed by atoms with Gasteiger partial charge in [-0.2, -0.15) is 4.98 Å². The smallest absolute Gasteiger partial charge is 0.273 e. The highest BCUT2D eigenvalue weighted by atomic mass is 32.1. The molecule has 118 valence electrons. The summed E-state index contributed by atoms with van der Waals surface area (Å²) in [6.45, 7) is 3.56. The Morgan fingerprint density at radius 1 is 1.55 bits per heavy atom. The summed E-state index contributed by atoms with van der Waals surface area (Å²) < 4.78 is 10.3. The number of carbonyl (C=O) groups excluding carboxylic acids is 1. The minimum absolute atomic E-state index is 0.0421. The molecule has 3 rings (SSSR count). The van der Waals surface area contributed by atoms with Crippen molar-refractivity contribution in [3.8, 4) is 0 Å². The largest absolute Gasteiger partial charge is 0.378 e. The number of nitrogens with zero attached hydrogens (tertiary/aromatic N) is 4. The SMILES string of the molecule is COCc1nc(C(=O)N2CCC[C@@H](c3nc(C)no3)C2)cs1. The fraction of sp³-hybridized carbons (Fsp3) is 0.571. The monoisotopic (exact) mass is 322 g/mol. The molecule has 22 heavy (non-hydrogen) atoms. The van der Waals surface area contributed by atoms with Crippen molar-refractivity contribution in [3.05, 3.63) is 27.8 Å². The molecule has 0 aliphatic carbocycles. The third kappa shape index (κ3) is 3.17. The molecule has 1 saturated heterocycles. The van der Waals surface area contributed by atoms with Crippen molar-refractivity contribution in [2.24, 2.45) is 0 Å². The number of likely N-dealkylation sites (tertiary alicyclic amines) is 1. The van der Waals surface area contributed by atoms with Crippen molar-refractivity contribution >= 4 is 17.2 Å². The predicted octanol–water partition coefficient (Wildman–Crippen LogP) is 2.00. The Hall–Kier alpha value is -1.80. The van der Waals surface area contributed by atoms with Gasteiger partial charge < -0.3 is 14.2 Å². The van der Waals surface area contributed by atoms with E-state index < -0.39 is 0 Å². The van der Waals surface area contributed by atoms with E-state index in [1.807, 2.05) is 4.90 Å². The van der Waals surface area contributed by atoms with E-state index in [1.165, 1.54) is 11.3 Å². The molecule has 1 aliphatic rings. The maximum Gasteiger partial charge on any atom is 0.273 e. The molecular weight excluding hydrogens is 304 g/mol. The number of piperidine rings is 1. The van der Waals surface area contributed by atoms with Gasteiger partial charge in [-0.25, -0.2) is 4.98 Å². The molecule has 0 spiro atoms. The first-order chi connectivity index (χ1) is 10.7. The van der Waals surface area contributed by atoms with Crippen molar-refractivity contribution < 1.29 is 14.1 Å². The second kappa shape index (κ2) is 6.53. The molecule has 1 amide bonds. The normalized spacial score (nSPS) is 18.6. The van der Waals surface area contributed by atoms with Crippen LogP contribution in [0.25, 0.3) is 0 Å². The molecule has 1 atom stereocenters. The van der Waals surface area contributed by atoms with Gasteiger partial charge in [0, 0.05) is 25.6 Å². The number of methoxy groups -OCH3 is 1. The van der Waals surface area contributed by atoms with Crippen molar-refractivity contribution in [2.45, 2.75) is 32.3 Å². The topological polar surface area (TPSA) is 81.4 Å². The highest BCUT2D eigenvalue weighted by molar-refractivity contribution is 7.09. The van der Waals surface area contributed by atoms with Gasteiger partial charge in [-0.1, -0.05) is 5.16 Å². The van der Waals surface area contributed by atoms with Crippen LogP contribution in [0.4, 0.5) is 0 Å². The first-order valence-corrected chi connectivity index (χ1v) is 8.08. The number of hydrogen-bond acceptors (Lipinski definition) is 7. The molecule has 0 unspecified atom stereocenters. The van der Waals surface area contributed by atoms with Gasteiger partial charge in [-0.3, -0.25) is 4.79 Å². The molecule has 8 heteroatoms. The molecule has 1 aliphatic heterocycles. The first kappa shape index (κ1) is 15.1. The van der Waals surface area contributed by atoms with E-state index in [4.69, 9.17) is 9.26 Å². The standard InChI is InChI=1S/C14H18N4O3S/c1-9-15-13(21-17-9)10-4-3-5-18(6-10)14(19)11-8-22-12(16-11)7-20-2/h8,10H,3-7H2,1-2H3/t10-/m1/s1. The van der Waals surface area contributed by atoms with E-state index in [9.17, 15) is 4.79 Å². The number of ether oxygens (including phenoxy) is 1. The zero-order valence-electron chi connectivity index (χ0n) is 12.6. The number of hydrogen-bond donors (Lipinski definition) is 0. The minimum Gasteiger partial charge on any atom is -0.378 e. The van der Waals surface area contributed by atoms with E-state index >= 15 is 0 Å². The van der Waals surface area contributed by atoms with Gasteiger partial charge in [0.05, 0.1) is 12.5 Å². The maximum atomic E-state index is 12.6. The van der Waals surface area contributed by atoms with Gasteiger partial charge in [-0.15, -0.1) is 11.3 Å². The van der Waals surface area contributed by atoms with Gasteiger partial charge in [0.15, 0.2) is 5.82 Å². The van der Waals surface area contributed by atoms with Crippen LogP contribution in [0.2, 0.25) is 0 Å². The van der Waals surface area contributed by atoms with Crippen molar-refractivity contribution in [2.75, 3.05) is 20.2 Å². The van der Waals surface area contributed by atoms with Crippen LogP contribution < -0.4 is 0 Å². The predicted molar refractivity (Wildman–Crippen MR) is 79.7 cm³/mol. The molecule has 0 aromatic carbocycles. The van der Waals surface area contributed by atoms with Crippen LogP contribution in [0.3, 0.4) is 0 Å². The Morgan fingerprint density at radius 2 is 2.41 bits per heavy atom. The number of aromatic nitrogens is 3. The summed E-state index contributed by atoms with van der Waals surface area (Å²) in [5.41, 5.74) is 0.486. The average molecular weight is 322 g/mol. The number of amides is 1. The van der Waals surface area contributed by atoms with E-state index in [-0.39, 0.29) is 11.8 Å². The Bertz CT molecular complexity index is 654. The Kier molecular flexibility index (Phi) is 4.49. The molecule has 0 N–H and O–H groups in total. The number of carbonyl (C=O) groups is 1. The highest BCUT2D eigenvalue weighted by Gasteiger charge is 2.29. The fourth-order valence-corrected chi connectivity index (χ4v) is 3.34. The molecular formula is C14H18N4O3S. The molecule has 0 saturated carbocycles. The van der Waals surface area contributed by atoms with Gasteiger partial charge in [0.1, 0.15) is 10.7 Å². The van der Waals surface area contributed by atoms with Gasteiger partial charge in [0.2, 0.25) is 5.89 Å². The lowest BCUT2D eigenvalue weighted by Crippen LogP contribution is -2.39. The van der Waals surface area contributed by atoms with Gasteiger partial charge >= 0.3 is 0 Å². The second-order valence-corrected chi connectivity index (χ2v) is 6.27. The van der Waals surface area contributed by atoms with Gasteiger partial charge in [0.25, 0.3) is 5.91 Å². The van der Waals surface area contributed by atoms with Crippen molar-refractivity contribution in [1.29, 1.82) is 0 Å². The summed E-state index contributed by atoms with van der Waals surface area (Å²) in [5.74, 6) is 1.31. The Labute approximate surface area is 132 Å². The van der Waals surface area contributed by atoms with E-state index in [1.54, 1.807) is 19.4 Å². The summed E-state index contributed by atoms with van der Waals surface area (Å²) in [4.78, 5) is 23.0. The van der Waals surface area contributed by atoms with Crippen LogP contribution in [0, 0.1) is 6.92 Å². The lowest BCUT2D eigenvalue weighted by Gasteiger charge is -2.30. The number of thiazole rings is 1. The van der Waals surface area contributed by atoms with Gasteiger partial charge in [-0.05, 0) is 19.8 Å². The quantitative estimate of drug-likeness (QED) is 0.856. The molecule has 2 aromatic heterocycles. The summed E-state index contributed by atoms with van der Waals surface area (Å²) in [5, 5.41) is 6.43. The van der Waals surface area contributed by atoms with Crippen LogP contribution in [0.15, 0.2) is 9.90 Å². The third-order valence-electron chi connectivity index (χ3n) is 3.64. The maximum absolute atomic E-state index is 12.6. The number of rotatable bonds is 4. The van der Waals surface area contributed by atoms with E-state index in [0.29, 0.717) is 30.6 Å². The average Bonchev–Trinajstić information content (AvgIpc) is 3.16. The summed E-state index contributed by atoms with van der Waals surface area (Å²) >= 11 is 1.44. The van der Waals surface area contributed by atoms with E-state index in [2.05, 4.69) is 15.1 Å². The molecule has 3 heterocycles. The Morgan fingerprint density at radius 3 is 3.14 bits per heavy atom. The lowest BCUT2D eigenvalue weighted by atomic mass is 9.98. The van der Waals surface area contributed by atoms with Crippen LogP contribution in [-0.4, -0.2) is 46.1 Å². The zero-order chi connectivity index (χ0) is 15.5. The summed E-state index contributed by atoms with van der Waals surface area (Å²) in [6, 6.07) is 0. The Balaban J connectivity index is 1.69. The van der Waals surface area contributed by atoms with Crippen LogP contribution >= 0.6 is 11.3 Å². The number of aryl methyl sites for hydroxylation is 1. The highest BCUT2D eigenvalue weighted by Crippen LogP contribution is 2.26. The minimum atomic E-state index is -0.0421. The second-order valence-electron chi connectivity index (χ2n) is 5.33. The van der Waals surface area contributed by atoms with Crippen LogP contribution in [0.1, 0.15) is 46.0 Å². The van der Waals surface area contributed by atoms with Crippen LogP contribution in [0.5, 0.6) is 0 Å². The first-order valence-electron chi connectivity index (χ1n) is 7.20. The molecule has 2 aromatic rings. The molecule has 0 bridgehead atoms. The fourth-order valence-electron chi connectivity index (χ4n) is 2.60. The summed E-state index contributed by atoms with van der Waals surface area (Å²) in [6.07, 6.45) is 1.88. The lowest BCUT2D eigenvalue weighted by molar-refractivity contribution is 0.0690.